The predicted molar refractivity (Wildman–Crippen MR) is 33.7 cm³/mol. The third-order valence-electron chi connectivity index (χ3n) is 0.893. The van der Waals surface area contributed by atoms with E-state index in [0.717, 1.165) is 0 Å². The van der Waals surface area contributed by atoms with Gasteiger partial charge in [-0.15, -0.1) is 0 Å². The van der Waals surface area contributed by atoms with Gasteiger partial charge in [0.25, 0.3) is 0 Å². The number of carbonyl (C=O) groups excluding carboxylic acids is 1. The van der Waals surface area contributed by atoms with Gasteiger partial charge in [0, 0.05) is 12.4 Å². The van der Waals surface area contributed by atoms with E-state index in [1.54, 1.807) is 0 Å². The number of rotatable bonds is 1. The predicted octanol–water partition coefficient (Wildman–Crippen LogP) is 0.840. The molecule has 1 rings (SSSR count). The van der Waals surface area contributed by atoms with Gasteiger partial charge in [0.15, 0.2) is 12.1 Å². The topological polar surface area (TPSA) is 47.2 Å². The second-order valence-corrected chi connectivity index (χ2v) is 1.53. The lowest BCUT2D eigenvalue weighted by Gasteiger charge is -1.86. The van der Waals surface area contributed by atoms with Crippen LogP contribution in [-0.2, 0) is 0 Å². The molecule has 0 N–H and O–H groups in total. The second-order valence-electron chi connectivity index (χ2n) is 1.53. The molecule has 0 atom stereocenters. The number of aromatic nitrogens is 2. The number of hydrogen-bond donors (Lipinski definition) is 0. The summed E-state index contributed by atoms with van der Waals surface area (Å²) < 4.78 is 0. The summed E-state index contributed by atoms with van der Waals surface area (Å²) in [6.45, 7) is 6.53. The monoisotopic (exact) mass is 133 g/mol. The SMILES string of the molecule is [C-]#[N+]c1cnc(C=O)nc1. The van der Waals surface area contributed by atoms with Gasteiger partial charge in [-0.2, -0.15) is 0 Å². The first kappa shape index (κ1) is 6.36. The largest absolute Gasteiger partial charge is 0.294 e. The molecule has 4 heteroatoms. The minimum Gasteiger partial charge on any atom is -0.294 e. The molecule has 0 saturated carbocycles. The molecule has 0 aromatic carbocycles. The molecule has 0 saturated heterocycles. The van der Waals surface area contributed by atoms with Crippen LogP contribution in [0.5, 0.6) is 0 Å². The van der Waals surface area contributed by atoms with Crippen molar-refractivity contribution in [3.8, 4) is 0 Å². The molecule has 0 fully saturated rings. The molecule has 0 spiro atoms. The van der Waals surface area contributed by atoms with E-state index in [2.05, 4.69) is 14.8 Å². The Morgan fingerprint density at radius 3 is 2.50 bits per heavy atom. The van der Waals surface area contributed by atoms with Crippen LogP contribution < -0.4 is 0 Å². The van der Waals surface area contributed by atoms with Crippen LogP contribution in [0.2, 0.25) is 0 Å². The minimum atomic E-state index is 0.104. The molecule has 1 aromatic heterocycles. The van der Waals surface area contributed by atoms with Crippen LogP contribution in [0.4, 0.5) is 5.69 Å². The Labute approximate surface area is 57.4 Å². The highest BCUT2D eigenvalue weighted by atomic mass is 16.1. The van der Waals surface area contributed by atoms with Crippen LogP contribution in [0.1, 0.15) is 10.6 Å². The highest BCUT2D eigenvalue weighted by molar-refractivity contribution is 5.68. The highest BCUT2D eigenvalue weighted by Gasteiger charge is 1.92. The van der Waals surface area contributed by atoms with Crippen LogP contribution in [-0.4, -0.2) is 16.3 Å². The van der Waals surface area contributed by atoms with E-state index in [-0.39, 0.29) is 5.82 Å². The van der Waals surface area contributed by atoms with Crippen molar-refractivity contribution >= 4 is 12.0 Å². The average molecular weight is 133 g/mol. The standard InChI is InChI=1S/C6H3N3O/c1-7-5-2-8-6(4-10)9-3-5/h2-4H. The minimum absolute atomic E-state index is 0.104. The Bertz CT molecular complexity index is 272. The van der Waals surface area contributed by atoms with Crippen LogP contribution in [0, 0.1) is 6.57 Å². The lowest BCUT2D eigenvalue weighted by molar-refractivity contribution is 0.111. The summed E-state index contributed by atoms with van der Waals surface area (Å²) in [7, 11) is 0. The zero-order chi connectivity index (χ0) is 7.40. The maximum atomic E-state index is 10.0. The Hall–Kier alpha value is -1.76. The van der Waals surface area contributed by atoms with Crippen molar-refractivity contribution in [2.75, 3.05) is 0 Å². The molecule has 0 amide bonds. The summed E-state index contributed by atoms with van der Waals surface area (Å²) in [6, 6.07) is 0. The Balaban J connectivity index is 3.04. The van der Waals surface area contributed by atoms with Gasteiger partial charge in [0.1, 0.15) is 0 Å². The maximum Gasteiger partial charge on any atom is 0.222 e. The van der Waals surface area contributed by atoms with Gasteiger partial charge < -0.3 is 0 Å². The van der Waals surface area contributed by atoms with Crippen molar-refractivity contribution in [2.24, 2.45) is 0 Å². The maximum absolute atomic E-state index is 10.0. The van der Waals surface area contributed by atoms with Gasteiger partial charge in [-0.05, 0) is 0 Å². The first-order valence-electron chi connectivity index (χ1n) is 2.51. The van der Waals surface area contributed by atoms with Crippen LogP contribution in [0.25, 0.3) is 4.85 Å². The fraction of sp³-hybridized carbons (Fsp3) is 0. The van der Waals surface area contributed by atoms with Crippen molar-refractivity contribution < 1.29 is 4.79 Å². The summed E-state index contributed by atoms with van der Waals surface area (Å²) in [5, 5.41) is 0. The quantitative estimate of drug-likeness (QED) is 0.421. The van der Waals surface area contributed by atoms with E-state index in [9.17, 15) is 4.79 Å². The van der Waals surface area contributed by atoms with Gasteiger partial charge >= 0.3 is 0 Å². The summed E-state index contributed by atoms with van der Waals surface area (Å²) in [5.41, 5.74) is 0.339. The first-order chi connectivity index (χ1) is 4.86. The zero-order valence-electron chi connectivity index (χ0n) is 4.98. The molecule has 10 heavy (non-hydrogen) atoms. The third-order valence-corrected chi connectivity index (χ3v) is 0.893. The van der Waals surface area contributed by atoms with E-state index in [1.807, 2.05) is 0 Å². The molecule has 0 bridgehead atoms. The molecule has 0 aliphatic heterocycles. The average Bonchev–Trinajstić information content (AvgIpc) is 2.05. The molecule has 1 heterocycles. The number of nitrogens with zero attached hydrogens (tertiary/aromatic N) is 3. The van der Waals surface area contributed by atoms with E-state index in [4.69, 9.17) is 6.57 Å². The molecule has 0 unspecified atom stereocenters. The van der Waals surface area contributed by atoms with Crippen molar-refractivity contribution in [3.63, 3.8) is 0 Å². The van der Waals surface area contributed by atoms with Gasteiger partial charge in [-0.3, -0.25) is 4.79 Å². The van der Waals surface area contributed by atoms with Crippen molar-refractivity contribution in [1.29, 1.82) is 0 Å². The first-order valence-corrected chi connectivity index (χ1v) is 2.51. The van der Waals surface area contributed by atoms with Crippen LogP contribution in [0.15, 0.2) is 12.4 Å². The fourth-order valence-corrected chi connectivity index (χ4v) is 0.450. The number of aldehydes is 1. The lowest BCUT2D eigenvalue weighted by Crippen LogP contribution is -1.88. The van der Waals surface area contributed by atoms with E-state index in [1.165, 1.54) is 12.4 Å². The molecule has 4 nitrogen and oxygen atoms in total. The van der Waals surface area contributed by atoms with Gasteiger partial charge in [0.05, 0.1) is 6.57 Å². The molecule has 48 valence electrons. The van der Waals surface area contributed by atoms with E-state index in [0.29, 0.717) is 12.0 Å². The Morgan fingerprint density at radius 1 is 1.50 bits per heavy atom. The third kappa shape index (κ3) is 1.14. The highest BCUT2D eigenvalue weighted by Crippen LogP contribution is 2.04. The summed E-state index contributed by atoms with van der Waals surface area (Å²) in [5.74, 6) is 0.104. The number of carbonyl (C=O) groups is 1. The van der Waals surface area contributed by atoms with Crippen LogP contribution >= 0.6 is 0 Å². The van der Waals surface area contributed by atoms with Crippen LogP contribution in [0.3, 0.4) is 0 Å². The second kappa shape index (κ2) is 2.69. The molecular weight excluding hydrogens is 130 g/mol. The van der Waals surface area contributed by atoms with Crippen molar-refractivity contribution in [3.05, 3.63) is 29.6 Å². The molecule has 0 radical (unpaired) electrons. The normalized spacial score (nSPS) is 8.30. The molecule has 0 aliphatic carbocycles. The Morgan fingerprint density at radius 2 is 2.10 bits per heavy atom. The lowest BCUT2D eigenvalue weighted by atomic mass is 10.5. The smallest absolute Gasteiger partial charge is 0.222 e. The summed E-state index contributed by atoms with van der Waals surface area (Å²) in [4.78, 5) is 20.2. The summed E-state index contributed by atoms with van der Waals surface area (Å²) in [6.07, 6.45) is 3.15. The van der Waals surface area contributed by atoms with Gasteiger partial charge in [-0.25, -0.2) is 14.8 Å². The molecular formula is C6H3N3O. The number of hydrogen-bond acceptors (Lipinski definition) is 3. The van der Waals surface area contributed by atoms with Gasteiger partial charge in [0.2, 0.25) is 5.69 Å². The van der Waals surface area contributed by atoms with Gasteiger partial charge in [-0.1, -0.05) is 0 Å². The van der Waals surface area contributed by atoms with E-state index >= 15 is 0 Å². The zero-order valence-corrected chi connectivity index (χ0v) is 4.98. The van der Waals surface area contributed by atoms with Crippen molar-refractivity contribution in [2.45, 2.75) is 0 Å². The summed E-state index contributed by atoms with van der Waals surface area (Å²) >= 11 is 0. The van der Waals surface area contributed by atoms with E-state index < -0.39 is 0 Å². The fourth-order valence-electron chi connectivity index (χ4n) is 0.450. The molecule has 1 aromatic rings. The Kier molecular flexibility index (Phi) is 1.71. The molecule has 0 aliphatic rings. The van der Waals surface area contributed by atoms with Crippen molar-refractivity contribution in [1.82, 2.24) is 9.97 Å².